The molecule has 1 atom stereocenters. The van der Waals surface area contributed by atoms with Gasteiger partial charge in [-0.1, -0.05) is 0 Å². The zero-order chi connectivity index (χ0) is 20.2. The lowest BCUT2D eigenvalue weighted by atomic mass is 10.2. The maximum Gasteiger partial charge on any atom is 0.407 e. The van der Waals surface area contributed by atoms with Crippen molar-refractivity contribution in [2.45, 2.75) is 66.2 Å². The molecule has 0 aliphatic carbocycles. The van der Waals surface area contributed by atoms with Crippen molar-refractivity contribution < 1.29 is 9.53 Å². The normalized spacial score (nSPS) is 17.3. The molecular weight excluding hydrogens is 471 g/mol. The van der Waals surface area contributed by atoms with Crippen LogP contribution in [0.25, 0.3) is 0 Å². The van der Waals surface area contributed by atoms with Crippen LogP contribution in [0.4, 0.5) is 4.79 Å². The zero-order valence-corrected chi connectivity index (χ0v) is 20.5. The minimum Gasteiger partial charge on any atom is -0.444 e. The van der Waals surface area contributed by atoms with E-state index >= 15 is 0 Å². The molecule has 28 heavy (non-hydrogen) atoms. The molecule has 1 aromatic heterocycles. The van der Waals surface area contributed by atoms with Crippen molar-refractivity contribution in [1.82, 2.24) is 25.3 Å². The topological polar surface area (TPSA) is 83.8 Å². The number of amides is 1. The number of hydrogen-bond donors (Lipinski definition) is 2. The first-order chi connectivity index (χ1) is 12.6. The number of guanidine groups is 1. The molecule has 1 aromatic rings. The number of carbonyl (C=O) groups excluding carboxylic acids is 1. The Morgan fingerprint density at radius 1 is 1.36 bits per heavy atom. The van der Waals surface area contributed by atoms with Gasteiger partial charge in [-0.2, -0.15) is 5.10 Å². The number of nitrogens with zero attached hydrogens (tertiary/aromatic N) is 4. The second-order valence-electron chi connectivity index (χ2n) is 8.02. The molecule has 1 aliphatic rings. The molecule has 2 rings (SSSR count). The quantitative estimate of drug-likeness (QED) is 0.373. The van der Waals surface area contributed by atoms with Crippen molar-refractivity contribution in [3.05, 3.63) is 17.0 Å². The number of nitrogens with one attached hydrogen (secondary N) is 2. The SMILES string of the molecule is CCNC(=NCc1c(C)nn(C)c1C)N1CCC(NC(=O)OC(C)(C)C)C1.I. The molecule has 0 aromatic carbocycles. The van der Waals surface area contributed by atoms with Crippen LogP contribution in [-0.4, -0.2) is 58.0 Å². The van der Waals surface area contributed by atoms with E-state index < -0.39 is 5.60 Å². The first-order valence-electron chi connectivity index (χ1n) is 9.62. The van der Waals surface area contributed by atoms with Gasteiger partial charge in [-0.05, 0) is 48.0 Å². The van der Waals surface area contributed by atoms with Gasteiger partial charge < -0.3 is 20.3 Å². The number of halogens is 1. The third-order valence-electron chi connectivity index (χ3n) is 4.59. The molecule has 8 nitrogen and oxygen atoms in total. The van der Waals surface area contributed by atoms with Crippen LogP contribution in [0.2, 0.25) is 0 Å². The van der Waals surface area contributed by atoms with E-state index in [2.05, 4.69) is 34.5 Å². The fourth-order valence-electron chi connectivity index (χ4n) is 3.17. The smallest absolute Gasteiger partial charge is 0.407 e. The molecule has 1 fully saturated rings. The second kappa shape index (κ2) is 10.3. The van der Waals surface area contributed by atoms with E-state index in [0.29, 0.717) is 6.54 Å². The molecular formula is C19H35IN6O2. The predicted molar refractivity (Wildman–Crippen MR) is 122 cm³/mol. The van der Waals surface area contributed by atoms with Gasteiger partial charge in [0.2, 0.25) is 0 Å². The van der Waals surface area contributed by atoms with Crippen LogP contribution in [0.5, 0.6) is 0 Å². The van der Waals surface area contributed by atoms with Crippen molar-refractivity contribution in [2.75, 3.05) is 19.6 Å². The lowest BCUT2D eigenvalue weighted by Crippen LogP contribution is -2.44. The summed E-state index contributed by atoms with van der Waals surface area (Å²) in [6, 6.07) is 0.0607. The summed E-state index contributed by atoms with van der Waals surface area (Å²) in [7, 11) is 1.95. The number of likely N-dealkylation sites (tertiary alicyclic amines) is 1. The Balaban J connectivity index is 0.00000392. The van der Waals surface area contributed by atoms with Gasteiger partial charge in [-0.15, -0.1) is 24.0 Å². The van der Waals surface area contributed by atoms with Gasteiger partial charge in [0.1, 0.15) is 5.60 Å². The van der Waals surface area contributed by atoms with Gasteiger partial charge in [0.05, 0.1) is 18.3 Å². The fourth-order valence-corrected chi connectivity index (χ4v) is 3.17. The standard InChI is InChI=1S/C19H34N6O2.HI/c1-8-20-17(21-11-16-13(2)23-24(7)14(16)3)25-10-9-15(12-25)22-18(26)27-19(4,5)6;/h15H,8-12H2,1-7H3,(H,20,21)(H,22,26);1H. The summed E-state index contributed by atoms with van der Waals surface area (Å²) < 4.78 is 7.25. The van der Waals surface area contributed by atoms with Crippen LogP contribution in [0, 0.1) is 13.8 Å². The molecule has 0 saturated carbocycles. The summed E-state index contributed by atoms with van der Waals surface area (Å²) in [4.78, 5) is 19.0. The number of alkyl carbamates (subject to hydrolysis) is 1. The maximum absolute atomic E-state index is 12.0. The number of aliphatic imine (C=N–C) groups is 1. The summed E-state index contributed by atoms with van der Waals surface area (Å²) in [5.74, 6) is 0.869. The molecule has 0 spiro atoms. The van der Waals surface area contributed by atoms with E-state index in [-0.39, 0.29) is 36.1 Å². The molecule has 1 saturated heterocycles. The van der Waals surface area contributed by atoms with E-state index in [0.717, 1.165) is 49.0 Å². The predicted octanol–water partition coefficient (Wildman–Crippen LogP) is 2.72. The summed E-state index contributed by atoms with van der Waals surface area (Å²) in [6.45, 7) is 14.7. The first kappa shape index (κ1) is 24.5. The molecule has 1 amide bonds. The van der Waals surface area contributed by atoms with Crippen molar-refractivity contribution >= 4 is 36.0 Å². The van der Waals surface area contributed by atoms with Crippen LogP contribution in [0.15, 0.2) is 4.99 Å². The number of hydrogen-bond acceptors (Lipinski definition) is 4. The third-order valence-corrected chi connectivity index (χ3v) is 4.59. The van der Waals surface area contributed by atoms with Crippen LogP contribution < -0.4 is 10.6 Å². The highest BCUT2D eigenvalue weighted by Gasteiger charge is 2.28. The van der Waals surface area contributed by atoms with Crippen molar-refractivity contribution in [1.29, 1.82) is 0 Å². The largest absolute Gasteiger partial charge is 0.444 e. The Morgan fingerprint density at radius 2 is 2.04 bits per heavy atom. The van der Waals surface area contributed by atoms with Crippen LogP contribution >= 0.6 is 24.0 Å². The Hall–Kier alpha value is -1.52. The molecule has 0 radical (unpaired) electrons. The van der Waals surface area contributed by atoms with Gasteiger partial charge in [-0.3, -0.25) is 4.68 Å². The van der Waals surface area contributed by atoms with Crippen LogP contribution in [0.3, 0.4) is 0 Å². The van der Waals surface area contributed by atoms with Gasteiger partial charge in [-0.25, -0.2) is 9.79 Å². The van der Waals surface area contributed by atoms with E-state index in [4.69, 9.17) is 9.73 Å². The van der Waals surface area contributed by atoms with E-state index in [9.17, 15) is 4.79 Å². The third kappa shape index (κ3) is 6.82. The Bertz CT molecular complexity index is 695. The number of rotatable bonds is 4. The highest BCUT2D eigenvalue weighted by Crippen LogP contribution is 2.15. The van der Waals surface area contributed by atoms with E-state index in [1.807, 2.05) is 39.4 Å². The van der Waals surface area contributed by atoms with Crippen LogP contribution in [0.1, 0.15) is 51.1 Å². The molecule has 1 aliphatic heterocycles. The summed E-state index contributed by atoms with van der Waals surface area (Å²) >= 11 is 0. The lowest BCUT2D eigenvalue weighted by molar-refractivity contribution is 0.0507. The zero-order valence-electron chi connectivity index (χ0n) is 18.1. The van der Waals surface area contributed by atoms with Crippen molar-refractivity contribution in [2.24, 2.45) is 12.0 Å². The Morgan fingerprint density at radius 3 is 2.57 bits per heavy atom. The lowest BCUT2D eigenvalue weighted by Gasteiger charge is -2.23. The minimum absolute atomic E-state index is 0. The molecule has 0 bridgehead atoms. The molecule has 1 unspecified atom stereocenters. The van der Waals surface area contributed by atoms with Crippen LogP contribution in [-0.2, 0) is 18.3 Å². The highest BCUT2D eigenvalue weighted by molar-refractivity contribution is 14.0. The summed E-state index contributed by atoms with van der Waals surface area (Å²) in [6.07, 6.45) is 0.507. The first-order valence-corrected chi connectivity index (χ1v) is 9.62. The van der Waals surface area contributed by atoms with E-state index in [1.165, 1.54) is 0 Å². The molecule has 2 N–H and O–H groups in total. The number of carbonyl (C=O) groups is 1. The van der Waals surface area contributed by atoms with E-state index in [1.54, 1.807) is 0 Å². The molecule has 2 heterocycles. The van der Waals surface area contributed by atoms with Crippen molar-refractivity contribution in [3.63, 3.8) is 0 Å². The Labute approximate surface area is 185 Å². The Kier molecular flexibility index (Phi) is 9.03. The summed E-state index contributed by atoms with van der Waals surface area (Å²) in [5, 5.41) is 10.8. The maximum atomic E-state index is 12.0. The van der Waals surface area contributed by atoms with Gasteiger partial charge in [0.25, 0.3) is 0 Å². The number of aromatic nitrogens is 2. The highest BCUT2D eigenvalue weighted by atomic mass is 127. The average molecular weight is 506 g/mol. The van der Waals surface area contributed by atoms with Gasteiger partial charge in [0.15, 0.2) is 5.96 Å². The molecule has 9 heteroatoms. The average Bonchev–Trinajstić information content (AvgIpc) is 3.08. The summed E-state index contributed by atoms with van der Waals surface area (Å²) in [5.41, 5.74) is 2.83. The fraction of sp³-hybridized carbons (Fsp3) is 0.737. The monoisotopic (exact) mass is 506 g/mol. The van der Waals surface area contributed by atoms with Gasteiger partial charge >= 0.3 is 6.09 Å². The second-order valence-corrected chi connectivity index (χ2v) is 8.02. The minimum atomic E-state index is -0.488. The number of aryl methyl sites for hydroxylation is 2. The van der Waals surface area contributed by atoms with Gasteiger partial charge in [0, 0.05) is 37.9 Å². The molecule has 160 valence electrons. The van der Waals surface area contributed by atoms with Crippen molar-refractivity contribution in [3.8, 4) is 0 Å². The number of ether oxygens (including phenoxy) is 1.